The van der Waals surface area contributed by atoms with E-state index in [1.165, 1.54) is 142 Å². The molecule has 0 aromatic heterocycles. The number of phenols is 3. The van der Waals surface area contributed by atoms with E-state index in [9.17, 15) is 52.8 Å². The SMILES string of the molecule is CCC(C)c1ccc(O)cc1.CCC(C)c1ccc(O)cc1.CCC(C)c1ccc(OC(OC2CCc3ccccc32)C2(C)CC3C=CC2C3)cc1.CCC(C)c1ccc(OC(OCC2CC3CCC2C3)C2(C)CCCCC2)cc1.CCC(C)c1ccc(OS(=O)(=O)C(F)(F)C(F)(F)C(F)(F)S(=O)(=O)[O-])cc1.CCC(C)c1ccc2cc(O)ccc2c1.c1ccc([S+](c2ccccc2)c2ccccc2)cc1. The van der Waals surface area contributed by atoms with Crippen LogP contribution in [0.3, 0.4) is 0 Å². The summed E-state index contributed by atoms with van der Waals surface area (Å²) in [6, 6.07) is 89.3. The van der Waals surface area contributed by atoms with Gasteiger partial charge in [-0.3, -0.25) is 0 Å². The van der Waals surface area contributed by atoms with Crippen molar-refractivity contribution < 1.29 is 86.2 Å². The number of alkyl halides is 6. The van der Waals surface area contributed by atoms with Crippen LogP contribution in [0.5, 0.6) is 34.5 Å². The average molecular weight is 1990 g/mol. The number of allylic oxidation sites excluding steroid dienone is 2. The maximum absolute atomic E-state index is 13.6. The van der Waals surface area contributed by atoms with E-state index < -0.39 is 42.4 Å². The Balaban J connectivity index is 0.000000162. The van der Waals surface area contributed by atoms with Gasteiger partial charge in [0.15, 0.2) is 24.8 Å². The lowest BCUT2D eigenvalue weighted by Gasteiger charge is -2.40. The Bertz CT molecular complexity index is 5770. The van der Waals surface area contributed by atoms with Crippen LogP contribution in [-0.2, 0) is 47.0 Å². The van der Waals surface area contributed by atoms with Gasteiger partial charge in [0, 0.05) is 10.8 Å². The molecule has 0 saturated heterocycles. The zero-order chi connectivity index (χ0) is 102. The van der Waals surface area contributed by atoms with Crippen molar-refractivity contribution in [1.29, 1.82) is 0 Å². The first-order chi connectivity index (χ1) is 67.2. The molecule has 15 atom stereocenters. The van der Waals surface area contributed by atoms with Gasteiger partial charge in [-0.1, -0.05) is 299 Å². The number of benzene rings is 11. The summed E-state index contributed by atoms with van der Waals surface area (Å²) in [5, 5.41) is 16.0. The molecule has 17 rings (SSSR count). The van der Waals surface area contributed by atoms with Gasteiger partial charge in [-0.2, -0.15) is 34.8 Å². The van der Waals surface area contributed by atoms with Crippen LogP contribution in [0, 0.1) is 40.4 Å². The smallest absolute Gasteiger partial charge is 0.450 e. The van der Waals surface area contributed by atoms with Crippen LogP contribution in [0.4, 0.5) is 26.3 Å². The molecular formula is C119H146F6O13S3. The molecule has 0 amide bonds. The number of aromatic hydroxyl groups is 3. The molecule has 0 heterocycles. The summed E-state index contributed by atoms with van der Waals surface area (Å²) in [6.45, 7) is 31.4. The molecule has 15 unspecified atom stereocenters. The van der Waals surface area contributed by atoms with Crippen LogP contribution < -0.4 is 13.7 Å². The van der Waals surface area contributed by atoms with Crippen molar-refractivity contribution in [3.05, 3.63) is 330 Å². The van der Waals surface area contributed by atoms with E-state index in [2.05, 4.69) is 281 Å². The third-order valence-corrected chi connectivity index (χ3v) is 34.3. The van der Waals surface area contributed by atoms with Crippen molar-refractivity contribution in [1.82, 2.24) is 0 Å². The summed E-state index contributed by atoms with van der Waals surface area (Å²) in [5.41, 5.74) is 10.3. The first-order valence-electron chi connectivity index (χ1n) is 50.6. The van der Waals surface area contributed by atoms with Crippen LogP contribution in [0.15, 0.2) is 300 Å². The van der Waals surface area contributed by atoms with Gasteiger partial charge in [0.2, 0.25) is 12.6 Å². The van der Waals surface area contributed by atoms with Crippen LogP contribution in [0.1, 0.15) is 299 Å². The Hall–Kier alpha value is -10.1. The van der Waals surface area contributed by atoms with Crippen LogP contribution in [-0.4, -0.2) is 72.3 Å². The maximum Gasteiger partial charge on any atom is 0.450 e. The van der Waals surface area contributed by atoms with Crippen molar-refractivity contribution in [3.8, 4) is 34.5 Å². The van der Waals surface area contributed by atoms with E-state index in [0.29, 0.717) is 70.7 Å². The molecule has 3 N–H and O–H groups in total. The molecule has 13 nitrogen and oxygen atoms in total. The number of aryl methyl sites for hydroxylation is 1. The van der Waals surface area contributed by atoms with Gasteiger partial charge in [-0.05, 0) is 326 Å². The van der Waals surface area contributed by atoms with Crippen LogP contribution >= 0.6 is 0 Å². The predicted molar refractivity (Wildman–Crippen MR) is 556 cm³/mol. The zero-order valence-corrected chi connectivity index (χ0v) is 86.7. The minimum atomic E-state index is -7.33. The fourth-order valence-electron chi connectivity index (χ4n) is 19.5. The van der Waals surface area contributed by atoms with Gasteiger partial charge >= 0.3 is 26.5 Å². The number of fused-ring (bicyclic) bond motifs is 6. The fourth-order valence-corrected chi connectivity index (χ4v) is 23.0. The summed E-state index contributed by atoms with van der Waals surface area (Å²) >= 11 is 0. The average Bonchev–Trinajstić information content (AvgIpc) is 1.69. The Morgan fingerprint density at radius 1 is 0.433 bits per heavy atom. The van der Waals surface area contributed by atoms with Gasteiger partial charge in [0.1, 0.15) is 34.5 Å². The van der Waals surface area contributed by atoms with Crippen LogP contribution in [0.25, 0.3) is 10.8 Å². The Morgan fingerprint density at radius 2 is 0.837 bits per heavy atom. The fraction of sp³-hybridized carbons (Fsp3) is 0.445. The lowest BCUT2D eigenvalue weighted by molar-refractivity contribution is -0.247. The van der Waals surface area contributed by atoms with Gasteiger partial charge in [0.25, 0.3) is 0 Å². The second-order valence-electron chi connectivity index (χ2n) is 39.8. The van der Waals surface area contributed by atoms with Crippen molar-refractivity contribution in [2.24, 2.45) is 40.4 Å². The zero-order valence-electron chi connectivity index (χ0n) is 84.3. The lowest BCUT2D eigenvalue weighted by Crippen LogP contribution is -2.61. The molecule has 4 saturated carbocycles. The Morgan fingerprint density at radius 3 is 1.26 bits per heavy atom. The minimum absolute atomic E-state index is 0.0146. The van der Waals surface area contributed by atoms with Gasteiger partial charge < -0.3 is 43.0 Å². The summed E-state index contributed by atoms with van der Waals surface area (Å²) in [7, 11) is -14.2. The highest BCUT2D eigenvalue weighted by molar-refractivity contribution is 7.97. The Labute approximate surface area is 838 Å². The van der Waals surface area contributed by atoms with Gasteiger partial charge in [-0.15, -0.1) is 0 Å². The summed E-state index contributed by atoms with van der Waals surface area (Å²) in [6.07, 6.45) is 27.7. The second-order valence-corrected chi connectivity index (χ2v) is 44.9. The summed E-state index contributed by atoms with van der Waals surface area (Å²) in [5.74, 6) is 1.74. The molecule has 22 heteroatoms. The topological polar surface area (TPSA) is 198 Å². The first kappa shape index (κ1) is 111. The third kappa shape index (κ3) is 29.0. The van der Waals surface area contributed by atoms with Crippen molar-refractivity contribution >= 4 is 41.9 Å². The summed E-state index contributed by atoms with van der Waals surface area (Å²) < 4.78 is 164. The van der Waals surface area contributed by atoms with Crippen molar-refractivity contribution in [2.45, 2.75) is 304 Å². The highest BCUT2D eigenvalue weighted by Crippen LogP contribution is 2.57. The lowest BCUT2D eigenvalue weighted by atomic mass is 9.75. The molecule has 4 bridgehead atoms. The van der Waals surface area contributed by atoms with Crippen molar-refractivity contribution in [3.63, 3.8) is 0 Å². The summed E-state index contributed by atoms with van der Waals surface area (Å²) in [4.78, 5) is 4.08. The molecule has 6 aliphatic rings. The molecule has 0 spiro atoms. The van der Waals surface area contributed by atoms with Gasteiger partial charge in [0.05, 0.1) is 23.6 Å². The van der Waals surface area contributed by atoms with E-state index in [0.717, 1.165) is 98.3 Å². The Kier molecular flexibility index (Phi) is 40.2. The van der Waals surface area contributed by atoms with E-state index in [-0.39, 0.29) is 46.3 Å². The van der Waals surface area contributed by atoms with E-state index in [4.69, 9.17) is 29.2 Å². The molecule has 11 aromatic rings. The first-order valence-corrected chi connectivity index (χ1v) is 54.6. The molecule has 760 valence electrons. The molecule has 141 heavy (non-hydrogen) atoms. The van der Waals surface area contributed by atoms with E-state index in [1.54, 1.807) is 43.3 Å². The molecule has 6 aliphatic carbocycles. The third-order valence-electron chi connectivity index (χ3n) is 29.9. The largest absolute Gasteiger partial charge is 0.743 e. The van der Waals surface area contributed by atoms with Gasteiger partial charge in [-0.25, -0.2) is 8.42 Å². The van der Waals surface area contributed by atoms with Crippen LogP contribution in [0.2, 0.25) is 0 Å². The number of ether oxygens (including phenoxy) is 4. The molecule has 0 radical (unpaired) electrons. The minimum Gasteiger partial charge on any atom is -0.743 e. The molecule has 4 fully saturated rings. The van der Waals surface area contributed by atoms with E-state index in [1.807, 2.05) is 37.3 Å². The highest BCUT2D eigenvalue weighted by Gasteiger charge is 2.81. The number of phenolic OH excluding ortho intramolecular Hbond substituents is 3. The molecular weight excluding hydrogens is 1850 g/mol. The van der Waals surface area contributed by atoms with Crippen molar-refractivity contribution in [2.75, 3.05) is 6.61 Å². The number of halogens is 6. The number of rotatable bonds is 32. The standard InChI is InChI=1S/C28H34O2.C26H40O2.C18H15S.C14H16O.C13H14F6O6S2.2C10H14O/c1-4-19(2)21-10-14-24(15-11-21)29-27(28(3)18-20-9-13-23(28)17-20)30-26-16-12-22-7-5-6-8-25(22)26;1-4-19(2)21-10-12-24(13-11-21)28-25(26(3)14-6-5-7-15-26)27-18-23-17-20-8-9-22(23)16-20;1-4-10-16(11-5-1)19(17-12-6-2-7-13-17)18-14-8-3-9-15-18;1-3-10(2)11-4-5-13-9-14(15)7-6-12(13)8-11;1-3-8(2)9-4-6-10(7-5-9)25-27(23,24)13(18,19)11(14,15)12(16,17)26(20,21)22;2*1-3-8(2)9-4-6-10(11)7-5-9/h5-11,13-15,19-20,23,26-27H,4,12,16-18H2,1-3H3;10-13,19-20,22-23,25H,4-9,14-18H2,1-3H3;1-15H;4-10,15H,3H2,1-2H3;4-8H,3H2,1-2H3,(H,20,21,22);2*4-8,11H,3H2,1-2H3/q;;+1;;;;/p-1. The predicted octanol–water partition coefficient (Wildman–Crippen LogP) is 32.5. The quantitative estimate of drug-likeness (QED) is 0.00900. The normalized spacial score (nSPS) is 20.5. The number of hydrogen-bond donors (Lipinski definition) is 3. The monoisotopic (exact) mass is 1990 g/mol. The molecule has 11 aromatic carbocycles. The second kappa shape index (κ2) is 50.9. The van der Waals surface area contributed by atoms with E-state index >= 15 is 0 Å². The number of hydrogen-bond acceptors (Lipinski definition) is 13. The highest BCUT2D eigenvalue weighted by atomic mass is 32.2. The molecule has 0 aliphatic heterocycles. The maximum atomic E-state index is 13.6.